The third-order valence-electron chi connectivity index (χ3n) is 6.47. The van der Waals surface area contributed by atoms with E-state index >= 15 is 0 Å². The minimum atomic E-state index is -0.647. The van der Waals surface area contributed by atoms with Crippen LogP contribution < -0.4 is 4.74 Å². The second-order valence-corrected chi connectivity index (χ2v) is 8.57. The highest BCUT2D eigenvalue weighted by atomic mass is 16.5. The summed E-state index contributed by atoms with van der Waals surface area (Å²) in [7, 11) is 0. The number of aliphatic carboxylic acids is 1. The molecule has 164 valence electrons. The Hall–Kier alpha value is -2.07. The zero-order valence-corrected chi connectivity index (χ0v) is 18.6. The van der Waals surface area contributed by atoms with Crippen molar-refractivity contribution in [2.75, 3.05) is 19.7 Å². The van der Waals surface area contributed by atoms with Gasteiger partial charge >= 0.3 is 5.97 Å². The van der Waals surface area contributed by atoms with Crippen molar-refractivity contribution in [1.29, 1.82) is 0 Å². The predicted molar refractivity (Wildman–Crippen MR) is 123 cm³/mol. The van der Waals surface area contributed by atoms with Crippen LogP contribution in [0.15, 0.2) is 36.4 Å². The van der Waals surface area contributed by atoms with E-state index in [2.05, 4.69) is 55.1 Å². The lowest BCUT2D eigenvalue weighted by Crippen LogP contribution is -2.38. The number of hydrogen-bond donors (Lipinski definition) is 1. The van der Waals surface area contributed by atoms with Gasteiger partial charge in [0.15, 0.2) is 0 Å². The van der Waals surface area contributed by atoms with Crippen LogP contribution in [-0.4, -0.2) is 35.7 Å². The van der Waals surface area contributed by atoms with Crippen LogP contribution in [0.2, 0.25) is 0 Å². The highest BCUT2D eigenvalue weighted by Crippen LogP contribution is 2.34. The van der Waals surface area contributed by atoms with Crippen LogP contribution in [0.5, 0.6) is 5.75 Å². The molecule has 1 heterocycles. The Bertz CT molecular complexity index is 811. The fourth-order valence-electron chi connectivity index (χ4n) is 4.70. The van der Waals surface area contributed by atoms with Gasteiger partial charge in [-0.15, -0.1) is 0 Å². The second-order valence-electron chi connectivity index (χ2n) is 8.57. The number of nitrogens with zero attached hydrogens (tertiary/aromatic N) is 1. The topological polar surface area (TPSA) is 49.8 Å². The molecule has 0 aromatic heterocycles. The predicted octanol–water partition coefficient (Wildman–Crippen LogP) is 6.44. The zero-order valence-electron chi connectivity index (χ0n) is 18.6. The minimum absolute atomic E-state index is 0.187. The van der Waals surface area contributed by atoms with Crippen molar-refractivity contribution in [1.82, 2.24) is 4.90 Å². The first-order chi connectivity index (χ1) is 14.6. The summed E-state index contributed by atoms with van der Waals surface area (Å²) < 4.78 is 6.01. The Balaban J connectivity index is 1.67. The summed E-state index contributed by atoms with van der Waals surface area (Å²) in [6.45, 7) is 6.95. The van der Waals surface area contributed by atoms with Crippen LogP contribution in [0.25, 0.3) is 10.8 Å². The highest BCUT2D eigenvalue weighted by Gasteiger charge is 2.29. The van der Waals surface area contributed by atoms with E-state index in [1.807, 2.05) is 0 Å². The molecule has 1 fully saturated rings. The average molecular weight is 412 g/mol. The number of carboxylic acids is 1. The Morgan fingerprint density at radius 1 is 1.10 bits per heavy atom. The van der Waals surface area contributed by atoms with Gasteiger partial charge in [-0.2, -0.15) is 0 Å². The number of ether oxygens (including phenoxy) is 1. The van der Waals surface area contributed by atoms with Crippen LogP contribution in [0.3, 0.4) is 0 Å². The van der Waals surface area contributed by atoms with Crippen LogP contribution >= 0.6 is 0 Å². The van der Waals surface area contributed by atoms with Crippen LogP contribution in [0.4, 0.5) is 0 Å². The molecule has 0 saturated carbocycles. The third-order valence-corrected chi connectivity index (χ3v) is 6.47. The van der Waals surface area contributed by atoms with E-state index in [1.54, 1.807) is 0 Å². The SMILES string of the molecule is CCCCCCCOc1ccc2c(C(CC)N3CCC(C(=O)O)CC3)cccc2c1. The summed E-state index contributed by atoms with van der Waals surface area (Å²) in [6.07, 6.45) is 8.73. The molecule has 1 aliphatic heterocycles. The average Bonchev–Trinajstić information content (AvgIpc) is 2.77. The number of likely N-dealkylation sites (tertiary alicyclic amines) is 1. The molecule has 1 aliphatic rings. The number of unbranched alkanes of at least 4 members (excludes halogenated alkanes) is 4. The largest absolute Gasteiger partial charge is 0.494 e. The summed E-state index contributed by atoms with van der Waals surface area (Å²) in [5.74, 6) is 0.115. The Kier molecular flexibility index (Phi) is 8.56. The van der Waals surface area contributed by atoms with Gasteiger partial charge < -0.3 is 9.84 Å². The van der Waals surface area contributed by atoms with Gasteiger partial charge in [0.05, 0.1) is 12.5 Å². The van der Waals surface area contributed by atoms with E-state index < -0.39 is 5.97 Å². The smallest absolute Gasteiger partial charge is 0.306 e. The number of piperidine rings is 1. The van der Waals surface area contributed by atoms with Crippen molar-refractivity contribution in [3.63, 3.8) is 0 Å². The third kappa shape index (κ3) is 5.75. The van der Waals surface area contributed by atoms with Crippen molar-refractivity contribution in [3.05, 3.63) is 42.0 Å². The molecular formula is C26H37NO3. The minimum Gasteiger partial charge on any atom is -0.494 e. The quantitative estimate of drug-likeness (QED) is 0.432. The molecule has 0 bridgehead atoms. The Morgan fingerprint density at radius 3 is 2.57 bits per heavy atom. The molecule has 2 aromatic carbocycles. The van der Waals surface area contributed by atoms with Gasteiger partial charge in [0.1, 0.15) is 5.75 Å². The molecule has 1 N–H and O–H groups in total. The summed E-state index contributed by atoms with van der Waals surface area (Å²) in [5, 5.41) is 11.8. The summed E-state index contributed by atoms with van der Waals surface area (Å²) in [5.41, 5.74) is 1.34. The number of benzene rings is 2. The van der Waals surface area contributed by atoms with E-state index in [4.69, 9.17) is 4.74 Å². The van der Waals surface area contributed by atoms with Gasteiger partial charge in [0.2, 0.25) is 0 Å². The van der Waals surface area contributed by atoms with Crippen LogP contribution in [0, 0.1) is 5.92 Å². The van der Waals surface area contributed by atoms with Crippen molar-refractivity contribution in [2.24, 2.45) is 5.92 Å². The van der Waals surface area contributed by atoms with Crippen molar-refractivity contribution >= 4 is 16.7 Å². The maximum atomic E-state index is 11.3. The molecule has 4 nitrogen and oxygen atoms in total. The molecule has 0 radical (unpaired) electrons. The van der Waals surface area contributed by atoms with Crippen molar-refractivity contribution < 1.29 is 14.6 Å². The van der Waals surface area contributed by atoms with E-state index in [-0.39, 0.29) is 5.92 Å². The highest BCUT2D eigenvalue weighted by molar-refractivity contribution is 5.87. The number of hydrogen-bond acceptors (Lipinski definition) is 3. The second kappa shape index (κ2) is 11.4. The molecule has 0 aliphatic carbocycles. The van der Waals surface area contributed by atoms with Gasteiger partial charge in [0, 0.05) is 6.04 Å². The first kappa shape index (κ1) is 22.6. The molecule has 1 atom stereocenters. The lowest BCUT2D eigenvalue weighted by Gasteiger charge is -2.37. The fraction of sp³-hybridized carbons (Fsp3) is 0.577. The van der Waals surface area contributed by atoms with E-state index in [1.165, 1.54) is 42.0 Å². The van der Waals surface area contributed by atoms with Gasteiger partial charge in [0.25, 0.3) is 0 Å². The lowest BCUT2D eigenvalue weighted by molar-refractivity contribution is -0.143. The van der Waals surface area contributed by atoms with Crippen molar-refractivity contribution in [3.8, 4) is 5.75 Å². The fourth-order valence-corrected chi connectivity index (χ4v) is 4.70. The molecule has 4 heteroatoms. The first-order valence-corrected chi connectivity index (χ1v) is 11.8. The molecule has 0 amide bonds. The Labute approximate surface area is 181 Å². The molecule has 3 rings (SSSR count). The summed E-state index contributed by atoms with van der Waals surface area (Å²) >= 11 is 0. The zero-order chi connectivity index (χ0) is 21.3. The van der Waals surface area contributed by atoms with Gasteiger partial charge in [-0.05, 0) is 67.2 Å². The monoisotopic (exact) mass is 411 g/mol. The van der Waals surface area contributed by atoms with E-state index in [9.17, 15) is 9.90 Å². The molecular weight excluding hydrogens is 374 g/mol. The molecule has 0 spiro atoms. The maximum Gasteiger partial charge on any atom is 0.306 e. The number of fused-ring (bicyclic) bond motifs is 1. The van der Waals surface area contributed by atoms with E-state index in [0.29, 0.717) is 6.04 Å². The van der Waals surface area contributed by atoms with Crippen LogP contribution in [-0.2, 0) is 4.79 Å². The van der Waals surface area contributed by atoms with E-state index in [0.717, 1.165) is 51.1 Å². The number of carboxylic acid groups (broad SMARTS) is 1. The van der Waals surface area contributed by atoms with Crippen molar-refractivity contribution in [2.45, 2.75) is 71.3 Å². The maximum absolute atomic E-state index is 11.3. The summed E-state index contributed by atoms with van der Waals surface area (Å²) in [4.78, 5) is 13.8. The standard InChI is InChI=1S/C26H37NO3/c1-3-5-6-7-8-18-30-22-12-13-23-21(19-22)10-9-11-24(23)25(4-2)27-16-14-20(15-17-27)26(28)29/h9-13,19-20,25H,3-8,14-18H2,1-2H3,(H,28,29). The van der Waals surface area contributed by atoms with Gasteiger partial charge in [-0.25, -0.2) is 0 Å². The first-order valence-electron chi connectivity index (χ1n) is 11.8. The lowest BCUT2D eigenvalue weighted by atomic mass is 9.91. The normalized spacial score (nSPS) is 16.6. The molecule has 2 aromatic rings. The van der Waals surface area contributed by atoms with Gasteiger partial charge in [-0.3, -0.25) is 9.69 Å². The van der Waals surface area contributed by atoms with Crippen LogP contribution in [0.1, 0.15) is 76.8 Å². The molecule has 30 heavy (non-hydrogen) atoms. The number of carbonyl (C=O) groups is 1. The Morgan fingerprint density at radius 2 is 1.87 bits per heavy atom. The molecule has 1 saturated heterocycles. The molecule has 1 unspecified atom stereocenters. The van der Waals surface area contributed by atoms with Gasteiger partial charge in [-0.1, -0.05) is 63.8 Å². The number of rotatable bonds is 11. The summed E-state index contributed by atoms with van der Waals surface area (Å²) in [6, 6.07) is 13.3.